The van der Waals surface area contributed by atoms with Gasteiger partial charge in [0.1, 0.15) is 0 Å². The molecule has 0 atom stereocenters. The summed E-state index contributed by atoms with van der Waals surface area (Å²) in [6, 6.07) is 16.8. The molecule has 0 aliphatic carbocycles. The molecule has 3 rings (SSSR count). The summed E-state index contributed by atoms with van der Waals surface area (Å²) in [7, 11) is 0. The van der Waals surface area contributed by atoms with Gasteiger partial charge in [0.2, 0.25) is 0 Å². The van der Waals surface area contributed by atoms with Gasteiger partial charge in [-0.15, -0.1) is 34.5 Å². The van der Waals surface area contributed by atoms with Gasteiger partial charge in [-0.2, -0.15) is 0 Å². The molecule has 0 unspecified atom stereocenters. The van der Waals surface area contributed by atoms with Gasteiger partial charge >= 0.3 is 18.6 Å². The molecule has 0 aliphatic heterocycles. The Morgan fingerprint density at radius 2 is 0.397 bits per heavy atom. The second kappa shape index (κ2) is 50.0. The molecule has 2 N–H and O–H groups in total. The second-order valence-corrected chi connectivity index (χ2v) is 16.7. The minimum Gasteiger partial charge on any atom is -0.873 e. The van der Waals surface area contributed by atoms with Gasteiger partial charge in [-0.3, -0.25) is 0 Å². The summed E-state index contributed by atoms with van der Waals surface area (Å²) in [5.41, 5.74) is 0. The molecule has 9 heteroatoms. The van der Waals surface area contributed by atoms with Gasteiger partial charge in [-0.25, -0.2) is 0 Å². The van der Waals surface area contributed by atoms with E-state index in [0.717, 1.165) is 0 Å². The first-order valence-corrected chi connectivity index (χ1v) is 25.1. The van der Waals surface area contributed by atoms with Gasteiger partial charge in [0.05, 0.1) is 39.3 Å². The Balaban J connectivity index is -0.000000753. The smallest absolute Gasteiger partial charge is 0.873 e. The molecule has 63 heavy (non-hydrogen) atoms. The van der Waals surface area contributed by atoms with Crippen LogP contribution in [0.1, 0.15) is 196 Å². The molecule has 0 aromatic heterocycles. The van der Waals surface area contributed by atoms with Gasteiger partial charge in [0.25, 0.3) is 0 Å². The van der Waals surface area contributed by atoms with Gasteiger partial charge in [-0.05, 0) is 77.0 Å². The predicted octanol–water partition coefficient (Wildman–Crippen LogP) is 8.72. The van der Waals surface area contributed by atoms with E-state index in [1.165, 1.54) is 230 Å². The fourth-order valence-corrected chi connectivity index (χ4v) is 6.91. The maximum atomic E-state index is 10.3. The molecule has 359 valence electrons. The summed E-state index contributed by atoms with van der Waals surface area (Å²) >= 11 is 0. The van der Waals surface area contributed by atoms with Crippen molar-refractivity contribution < 1.29 is 59.0 Å². The molecule has 0 saturated carbocycles. The van der Waals surface area contributed by atoms with Crippen molar-refractivity contribution in [3.63, 3.8) is 0 Å². The van der Waals surface area contributed by atoms with Gasteiger partial charge in [-0.1, -0.05) is 191 Å². The number of quaternary nitrogens is 2. The Bertz CT molecular complexity index is 1090. The Labute approximate surface area is 399 Å². The van der Waals surface area contributed by atoms with E-state index < -0.39 is 34.5 Å². The number of benzene rings is 3. The summed E-state index contributed by atoms with van der Waals surface area (Å²) in [6.45, 7) is 22.4. The molecular weight excluding hydrogens is 824 g/mol. The molecule has 8 nitrogen and oxygen atoms in total. The van der Waals surface area contributed by atoms with Crippen LogP contribution in [0.25, 0.3) is 0 Å². The molecule has 3 aromatic rings. The first-order valence-electron chi connectivity index (χ1n) is 25.1. The van der Waals surface area contributed by atoms with Crippen molar-refractivity contribution >= 4 is 0 Å². The van der Waals surface area contributed by atoms with E-state index in [1.807, 2.05) is 9.80 Å². The van der Waals surface area contributed by atoms with E-state index >= 15 is 0 Å². The average molecular weight is 916 g/mol. The standard InChI is InChI=1S/2C18H39N.3C6H6O2.V/c2*1-4-7-10-13-16-19(17-14-11-8-5-2)18-15-12-9-6-3;3*7-5-3-1-2-4-6(5)8;/h2*4-18H2,1-3H3;3*1-4,7-8H;/q;;;;;+4/p-4. The van der Waals surface area contributed by atoms with Crippen LogP contribution >= 0.6 is 0 Å². The van der Waals surface area contributed by atoms with Crippen molar-refractivity contribution in [3.8, 4) is 34.5 Å². The summed E-state index contributed by atoms with van der Waals surface area (Å²) in [4.78, 5) is 3.78. The molecule has 0 spiro atoms. The van der Waals surface area contributed by atoms with Crippen molar-refractivity contribution in [2.24, 2.45) is 0 Å². The normalized spacial score (nSPS) is 10.3. The summed E-state index contributed by atoms with van der Waals surface area (Å²) in [5.74, 6) is -2.62. The Morgan fingerprint density at radius 3 is 0.508 bits per heavy atom. The predicted molar refractivity (Wildman–Crippen MR) is 252 cm³/mol. The monoisotopic (exact) mass is 916 g/mol. The summed E-state index contributed by atoms with van der Waals surface area (Å²) in [5, 5.41) is 61.8. The van der Waals surface area contributed by atoms with Crippen molar-refractivity contribution in [1.82, 2.24) is 0 Å². The molecule has 0 saturated heterocycles. The quantitative estimate of drug-likeness (QED) is 0.0640. The SMILES string of the molecule is CCCCCC[NH+](CCCCCC)CCCCCC.CCCCCC[NH+](CCCCCC)CCCCCC.[O-]c1ccccc1[O-].[O-]c1ccccc1[O-].[O-]c1ccccc1[O-].[V+4]. The topological polar surface area (TPSA) is 147 Å². The minimum absolute atomic E-state index is 0. The Morgan fingerprint density at radius 1 is 0.254 bits per heavy atom. The van der Waals surface area contributed by atoms with Crippen LogP contribution in [0.2, 0.25) is 0 Å². The van der Waals surface area contributed by atoms with Crippen LogP contribution < -0.4 is 40.4 Å². The molecule has 1 radical (unpaired) electrons. The van der Waals surface area contributed by atoms with E-state index in [2.05, 4.69) is 41.5 Å². The fourth-order valence-electron chi connectivity index (χ4n) is 6.91. The van der Waals surface area contributed by atoms with E-state index in [0.29, 0.717) is 0 Å². The van der Waals surface area contributed by atoms with Crippen LogP contribution in [0.5, 0.6) is 34.5 Å². The minimum atomic E-state index is -0.437. The largest absolute Gasteiger partial charge is 4.00 e. The second-order valence-electron chi connectivity index (χ2n) is 16.7. The third-order valence-electron chi connectivity index (χ3n) is 10.9. The molecule has 0 amide bonds. The van der Waals surface area contributed by atoms with Gasteiger partial charge in [0, 0.05) is 0 Å². The number of rotatable bonds is 30. The molecule has 3 aromatic carbocycles. The average Bonchev–Trinajstić information content (AvgIpc) is 3.27. The molecule has 0 heterocycles. The first-order chi connectivity index (χ1) is 30.1. The molecule has 0 bridgehead atoms. The Hall–Kier alpha value is -3.04. The maximum Gasteiger partial charge on any atom is 4.00 e. The van der Waals surface area contributed by atoms with E-state index in [4.69, 9.17) is 0 Å². The first kappa shape index (κ1) is 64.2. The zero-order valence-corrected chi connectivity index (χ0v) is 42.4. The van der Waals surface area contributed by atoms with Crippen LogP contribution in [-0.4, -0.2) is 39.3 Å². The third kappa shape index (κ3) is 44.0. The van der Waals surface area contributed by atoms with Crippen LogP contribution in [0, 0.1) is 0 Å². The Kier molecular flexibility index (Phi) is 51.0. The van der Waals surface area contributed by atoms with Gasteiger partial charge in [0.15, 0.2) is 0 Å². The van der Waals surface area contributed by atoms with Crippen molar-refractivity contribution in [2.45, 2.75) is 196 Å². The van der Waals surface area contributed by atoms with Crippen molar-refractivity contribution in [3.05, 3.63) is 72.8 Å². The molecule has 0 fully saturated rings. The fraction of sp³-hybridized carbons (Fsp3) is 0.667. The van der Waals surface area contributed by atoms with Crippen LogP contribution in [0.3, 0.4) is 0 Å². The zero-order valence-electron chi connectivity index (χ0n) is 41.0. The number of para-hydroxylation sites is 6. The molecular formula is C54H92N2O6V. The van der Waals surface area contributed by atoms with E-state index in [-0.39, 0.29) is 18.6 Å². The van der Waals surface area contributed by atoms with Crippen LogP contribution in [0.4, 0.5) is 0 Å². The third-order valence-corrected chi connectivity index (χ3v) is 10.9. The summed E-state index contributed by atoms with van der Waals surface area (Å²) in [6.07, 6.45) is 34.1. The molecule has 0 aliphatic rings. The number of nitrogens with one attached hydrogen (secondary N) is 2. The number of hydrogen-bond acceptors (Lipinski definition) is 6. The van der Waals surface area contributed by atoms with Crippen LogP contribution in [-0.2, 0) is 18.6 Å². The summed E-state index contributed by atoms with van der Waals surface area (Å²) < 4.78 is 0. The zero-order chi connectivity index (χ0) is 46.3. The van der Waals surface area contributed by atoms with Gasteiger partial charge < -0.3 is 40.4 Å². The maximum absolute atomic E-state index is 10.3. The number of hydrogen-bond donors (Lipinski definition) is 2. The van der Waals surface area contributed by atoms with Crippen molar-refractivity contribution in [2.75, 3.05) is 39.3 Å². The van der Waals surface area contributed by atoms with Crippen LogP contribution in [0.15, 0.2) is 72.8 Å². The van der Waals surface area contributed by atoms with E-state index in [1.54, 1.807) is 36.4 Å². The number of unbranched alkanes of at least 4 members (excludes halogenated alkanes) is 18. The van der Waals surface area contributed by atoms with Crippen molar-refractivity contribution in [1.29, 1.82) is 0 Å². The van der Waals surface area contributed by atoms with E-state index in [9.17, 15) is 30.6 Å².